The summed E-state index contributed by atoms with van der Waals surface area (Å²) >= 11 is 0. The molecule has 156 valence electrons. The van der Waals surface area contributed by atoms with E-state index in [4.69, 9.17) is 10.5 Å². The predicted molar refractivity (Wildman–Crippen MR) is 116 cm³/mol. The minimum absolute atomic E-state index is 0.240. The van der Waals surface area contributed by atoms with Gasteiger partial charge in [0.25, 0.3) is 0 Å². The molecule has 1 aromatic heterocycles. The average Bonchev–Trinajstić information content (AvgIpc) is 2.76. The number of nitrogens with one attached hydrogen (secondary N) is 3. The highest BCUT2D eigenvalue weighted by Gasteiger charge is 2.24. The Balaban J connectivity index is 1.33. The van der Waals surface area contributed by atoms with E-state index in [1.54, 1.807) is 12.0 Å². The van der Waals surface area contributed by atoms with Crippen molar-refractivity contribution in [2.24, 2.45) is 0 Å². The highest BCUT2D eigenvalue weighted by molar-refractivity contribution is 5.55. The SMILES string of the molecule is COc1ccc(Nc2nc(N)nc(C[NH+]3CC[NH+](Cc4ccccc4)CC3)n2)cc1. The number of methoxy groups -OCH3 is 1. The largest absolute Gasteiger partial charge is 0.497 e. The number of anilines is 3. The average molecular weight is 408 g/mol. The Morgan fingerprint density at radius 2 is 1.53 bits per heavy atom. The maximum absolute atomic E-state index is 5.94. The van der Waals surface area contributed by atoms with Crippen LogP contribution in [0.15, 0.2) is 54.6 Å². The molecule has 1 saturated heterocycles. The van der Waals surface area contributed by atoms with Crippen molar-refractivity contribution < 1.29 is 14.5 Å². The molecule has 1 aliphatic rings. The first-order valence-electron chi connectivity index (χ1n) is 10.3. The second-order valence-corrected chi connectivity index (χ2v) is 7.63. The van der Waals surface area contributed by atoms with Gasteiger partial charge in [0, 0.05) is 11.3 Å². The quantitative estimate of drug-likeness (QED) is 0.429. The minimum atomic E-state index is 0.240. The number of nitrogens with zero attached hydrogens (tertiary/aromatic N) is 3. The number of nitrogens with two attached hydrogens (primary N) is 1. The van der Waals surface area contributed by atoms with E-state index in [-0.39, 0.29) is 5.95 Å². The first kappa shape index (κ1) is 20.1. The third-order valence-corrected chi connectivity index (χ3v) is 5.41. The van der Waals surface area contributed by atoms with Gasteiger partial charge < -0.3 is 25.6 Å². The van der Waals surface area contributed by atoms with Gasteiger partial charge in [0.05, 0.1) is 7.11 Å². The summed E-state index contributed by atoms with van der Waals surface area (Å²) in [4.78, 5) is 16.3. The van der Waals surface area contributed by atoms with Gasteiger partial charge in [-0.3, -0.25) is 0 Å². The Labute approximate surface area is 176 Å². The van der Waals surface area contributed by atoms with E-state index in [9.17, 15) is 0 Å². The fourth-order valence-electron chi connectivity index (χ4n) is 3.80. The fourth-order valence-corrected chi connectivity index (χ4v) is 3.80. The number of rotatable bonds is 7. The summed E-state index contributed by atoms with van der Waals surface area (Å²) in [6.07, 6.45) is 0. The van der Waals surface area contributed by atoms with Crippen LogP contribution in [0.1, 0.15) is 11.4 Å². The molecule has 8 nitrogen and oxygen atoms in total. The lowest BCUT2D eigenvalue weighted by atomic mass is 10.2. The van der Waals surface area contributed by atoms with Crippen LogP contribution in [-0.4, -0.2) is 48.2 Å². The van der Waals surface area contributed by atoms with Crippen molar-refractivity contribution in [2.75, 3.05) is 44.3 Å². The number of ether oxygens (including phenoxy) is 1. The molecule has 0 saturated carbocycles. The Morgan fingerprint density at radius 1 is 0.867 bits per heavy atom. The minimum Gasteiger partial charge on any atom is -0.497 e. The lowest BCUT2D eigenvalue weighted by Gasteiger charge is -2.29. The first-order valence-corrected chi connectivity index (χ1v) is 10.3. The zero-order valence-electron chi connectivity index (χ0n) is 17.3. The van der Waals surface area contributed by atoms with Crippen LogP contribution in [0.25, 0.3) is 0 Å². The molecule has 3 aromatic rings. The molecule has 4 rings (SSSR count). The molecule has 0 spiro atoms. The number of quaternary nitrogens is 2. The fraction of sp³-hybridized carbons (Fsp3) is 0.318. The number of benzene rings is 2. The normalized spacial score (nSPS) is 18.7. The summed E-state index contributed by atoms with van der Waals surface area (Å²) in [7, 11) is 1.65. The van der Waals surface area contributed by atoms with Crippen LogP contribution in [0.2, 0.25) is 0 Å². The summed E-state index contributed by atoms with van der Waals surface area (Å²) in [5, 5.41) is 3.20. The van der Waals surface area contributed by atoms with Gasteiger partial charge >= 0.3 is 0 Å². The van der Waals surface area contributed by atoms with Crippen molar-refractivity contribution in [1.82, 2.24) is 15.0 Å². The van der Waals surface area contributed by atoms with Crippen molar-refractivity contribution in [3.05, 3.63) is 66.0 Å². The molecule has 0 aliphatic carbocycles. The van der Waals surface area contributed by atoms with Gasteiger partial charge in [-0.15, -0.1) is 0 Å². The van der Waals surface area contributed by atoms with Gasteiger partial charge in [0.2, 0.25) is 11.9 Å². The highest BCUT2D eigenvalue weighted by Crippen LogP contribution is 2.18. The van der Waals surface area contributed by atoms with E-state index in [1.807, 2.05) is 24.3 Å². The molecule has 2 heterocycles. The van der Waals surface area contributed by atoms with E-state index in [0.29, 0.717) is 5.95 Å². The molecular formula is C22H29N7O+2. The van der Waals surface area contributed by atoms with Crippen molar-refractivity contribution in [1.29, 1.82) is 0 Å². The van der Waals surface area contributed by atoms with E-state index < -0.39 is 0 Å². The van der Waals surface area contributed by atoms with E-state index in [0.717, 1.165) is 56.5 Å². The van der Waals surface area contributed by atoms with Crippen LogP contribution in [-0.2, 0) is 13.1 Å². The summed E-state index contributed by atoms with van der Waals surface area (Å²) in [6, 6.07) is 18.3. The summed E-state index contributed by atoms with van der Waals surface area (Å²) in [6.45, 7) is 6.30. The van der Waals surface area contributed by atoms with Crippen molar-refractivity contribution in [2.45, 2.75) is 13.1 Å². The van der Waals surface area contributed by atoms with Gasteiger partial charge in [-0.1, -0.05) is 30.3 Å². The Hall–Kier alpha value is -3.23. The van der Waals surface area contributed by atoms with Gasteiger partial charge in [-0.2, -0.15) is 15.0 Å². The molecule has 2 aromatic carbocycles. The molecule has 1 aliphatic heterocycles. The molecule has 30 heavy (non-hydrogen) atoms. The molecule has 1 fully saturated rings. The maximum atomic E-state index is 5.94. The van der Waals surface area contributed by atoms with E-state index >= 15 is 0 Å². The molecule has 8 heteroatoms. The van der Waals surface area contributed by atoms with Gasteiger partial charge in [0.15, 0.2) is 5.82 Å². The maximum Gasteiger partial charge on any atom is 0.232 e. The van der Waals surface area contributed by atoms with Crippen molar-refractivity contribution in [3.8, 4) is 5.75 Å². The van der Waals surface area contributed by atoms with Crippen LogP contribution in [0, 0.1) is 0 Å². The van der Waals surface area contributed by atoms with Crippen LogP contribution in [0.5, 0.6) is 5.75 Å². The van der Waals surface area contributed by atoms with Gasteiger partial charge in [0.1, 0.15) is 45.0 Å². The Morgan fingerprint density at radius 3 is 2.20 bits per heavy atom. The first-order chi connectivity index (χ1) is 14.7. The van der Waals surface area contributed by atoms with Crippen LogP contribution in [0.3, 0.4) is 0 Å². The topological polar surface area (TPSA) is 94.8 Å². The lowest BCUT2D eigenvalue weighted by Crippen LogP contribution is -3.27. The lowest BCUT2D eigenvalue weighted by molar-refractivity contribution is -1.02. The zero-order chi connectivity index (χ0) is 20.8. The molecule has 0 radical (unpaired) electrons. The third-order valence-electron chi connectivity index (χ3n) is 5.41. The zero-order valence-corrected chi connectivity index (χ0v) is 17.3. The number of hydrogen-bond acceptors (Lipinski definition) is 6. The summed E-state index contributed by atoms with van der Waals surface area (Å²) in [5.74, 6) is 2.23. The summed E-state index contributed by atoms with van der Waals surface area (Å²) < 4.78 is 5.19. The van der Waals surface area contributed by atoms with E-state index in [1.165, 1.54) is 10.5 Å². The second-order valence-electron chi connectivity index (χ2n) is 7.63. The molecule has 0 amide bonds. The van der Waals surface area contributed by atoms with Gasteiger partial charge in [-0.05, 0) is 24.3 Å². The standard InChI is InChI=1S/C22H27N7O/c1-30-19-9-7-18(8-10-19)24-22-26-20(25-21(23)27-22)16-29-13-11-28(12-14-29)15-17-5-3-2-4-6-17/h2-10H,11-16H2,1H3,(H3,23,24,25,26,27)/p+2. The number of hydrogen-bond donors (Lipinski definition) is 4. The summed E-state index contributed by atoms with van der Waals surface area (Å²) in [5.41, 5.74) is 8.21. The van der Waals surface area contributed by atoms with Crippen molar-refractivity contribution in [3.63, 3.8) is 0 Å². The number of aromatic nitrogens is 3. The monoisotopic (exact) mass is 407 g/mol. The highest BCUT2D eigenvalue weighted by atomic mass is 16.5. The van der Waals surface area contributed by atoms with Crippen LogP contribution >= 0.6 is 0 Å². The number of nitrogen functional groups attached to an aromatic ring is 1. The van der Waals surface area contributed by atoms with E-state index in [2.05, 4.69) is 50.6 Å². The van der Waals surface area contributed by atoms with Crippen LogP contribution in [0.4, 0.5) is 17.6 Å². The second kappa shape index (κ2) is 9.51. The predicted octanol–water partition coefficient (Wildman–Crippen LogP) is -0.310. The third kappa shape index (κ3) is 5.43. The Bertz CT molecular complexity index is 941. The smallest absolute Gasteiger partial charge is 0.232 e. The van der Waals surface area contributed by atoms with Crippen molar-refractivity contribution >= 4 is 17.6 Å². The van der Waals surface area contributed by atoms with Gasteiger partial charge in [-0.25, -0.2) is 0 Å². The Kier molecular flexibility index (Phi) is 6.36. The molecule has 0 atom stereocenters. The molecule has 0 bridgehead atoms. The van der Waals surface area contributed by atoms with Crippen LogP contribution < -0.4 is 25.6 Å². The molecule has 0 unspecified atom stereocenters. The molecule has 5 N–H and O–H groups in total. The molecular weight excluding hydrogens is 378 g/mol. The number of piperazine rings is 1.